The lowest BCUT2D eigenvalue weighted by molar-refractivity contribution is -0.157. The van der Waals surface area contributed by atoms with Crippen LogP contribution in [0.1, 0.15) is 32.3 Å². The van der Waals surface area contributed by atoms with E-state index in [0.29, 0.717) is 24.4 Å². The molecule has 5 heteroatoms. The molecule has 0 aliphatic carbocycles. The lowest BCUT2D eigenvalue weighted by Crippen LogP contribution is -2.58. The van der Waals surface area contributed by atoms with Crippen molar-refractivity contribution in [2.24, 2.45) is 5.92 Å². The molecule has 1 aromatic rings. The van der Waals surface area contributed by atoms with E-state index >= 15 is 0 Å². The number of nitrogens with one attached hydrogen (secondary N) is 1. The van der Waals surface area contributed by atoms with Crippen molar-refractivity contribution in [3.05, 3.63) is 35.6 Å². The van der Waals surface area contributed by atoms with E-state index in [9.17, 15) is 14.3 Å². The number of halogens is 1. The molecule has 2 N–H and O–H groups in total. The van der Waals surface area contributed by atoms with Gasteiger partial charge in [0.25, 0.3) is 5.91 Å². The number of benzene rings is 1. The molecule has 1 aromatic carbocycles. The summed E-state index contributed by atoms with van der Waals surface area (Å²) in [7, 11) is 0. The molecule has 0 saturated carbocycles. The fourth-order valence-corrected chi connectivity index (χ4v) is 2.78. The first-order chi connectivity index (χ1) is 10.4. The Morgan fingerprint density at radius 3 is 2.82 bits per heavy atom. The fraction of sp³-hybridized carbons (Fsp3) is 0.588. The number of nitrogens with zero attached hydrogens (tertiary/aromatic N) is 1. The second kappa shape index (κ2) is 7.20. The summed E-state index contributed by atoms with van der Waals surface area (Å²) in [6, 6.07) is 6.44. The standard InChI is InChI=1S/C17H25FN2O2/c1-13(2)10-19-12-17(22)8-5-9-20(16(17)21)11-14-6-3-4-7-15(14)18/h3-4,6-7,13,19,22H,5,8-12H2,1-2H3. The fourth-order valence-electron chi connectivity index (χ4n) is 2.78. The van der Waals surface area contributed by atoms with Gasteiger partial charge in [-0.05, 0) is 31.4 Å². The maximum atomic E-state index is 13.7. The molecular weight excluding hydrogens is 283 g/mol. The lowest BCUT2D eigenvalue weighted by atomic mass is 9.91. The summed E-state index contributed by atoms with van der Waals surface area (Å²) < 4.78 is 13.7. The van der Waals surface area contributed by atoms with Crippen molar-refractivity contribution in [3.63, 3.8) is 0 Å². The Morgan fingerprint density at radius 1 is 1.41 bits per heavy atom. The number of carbonyl (C=O) groups is 1. The molecule has 0 radical (unpaired) electrons. The van der Waals surface area contributed by atoms with Crippen LogP contribution in [0, 0.1) is 11.7 Å². The zero-order chi connectivity index (χ0) is 16.2. The average molecular weight is 308 g/mol. The van der Waals surface area contributed by atoms with Gasteiger partial charge in [-0.3, -0.25) is 4.79 Å². The van der Waals surface area contributed by atoms with Crippen LogP contribution in [0.5, 0.6) is 0 Å². The van der Waals surface area contributed by atoms with Crippen molar-refractivity contribution in [3.8, 4) is 0 Å². The van der Waals surface area contributed by atoms with Crippen LogP contribution in [-0.4, -0.2) is 41.1 Å². The Labute approximate surface area is 131 Å². The number of hydrogen-bond donors (Lipinski definition) is 2. The summed E-state index contributed by atoms with van der Waals surface area (Å²) in [6.45, 7) is 5.91. The number of likely N-dealkylation sites (tertiary alicyclic amines) is 1. The van der Waals surface area contributed by atoms with Gasteiger partial charge in [-0.15, -0.1) is 0 Å². The smallest absolute Gasteiger partial charge is 0.256 e. The molecule has 1 heterocycles. The highest BCUT2D eigenvalue weighted by molar-refractivity contribution is 5.86. The van der Waals surface area contributed by atoms with Gasteiger partial charge < -0.3 is 15.3 Å². The third kappa shape index (κ3) is 4.05. The molecule has 1 aliphatic heterocycles. The summed E-state index contributed by atoms with van der Waals surface area (Å²) >= 11 is 0. The molecule has 1 unspecified atom stereocenters. The third-order valence-corrected chi connectivity index (χ3v) is 3.99. The first-order valence-electron chi connectivity index (χ1n) is 7.88. The van der Waals surface area contributed by atoms with Crippen molar-refractivity contribution < 1.29 is 14.3 Å². The Balaban J connectivity index is 2.01. The lowest BCUT2D eigenvalue weighted by Gasteiger charge is -2.38. The molecule has 0 aromatic heterocycles. The Hall–Kier alpha value is -1.46. The average Bonchev–Trinajstić information content (AvgIpc) is 2.46. The van der Waals surface area contributed by atoms with Crippen LogP contribution in [0.2, 0.25) is 0 Å². The number of amides is 1. The molecule has 122 valence electrons. The molecule has 0 spiro atoms. The van der Waals surface area contributed by atoms with E-state index in [2.05, 4.69) is 19.2 Å². The third-order valence-electron chi connectivity index (χ3n) is 3.99. The highest BCUT2D eigenvalue weighted by Crippen LogP contribution is 2.24. The normalized spacial score (nSPS) is 22.4. The van der Waals surface area contributed by atoms with E-state index in [4.69, 9.17) is 0 Å². The minimum absolute atomic E-state index is 0.206. The maximum Gasteiger partial charge on any atom is 0.256 e. The zero-order valence-electron chi connectivity index (χ0n) is 13.3. The van der Waals surface area contributed by atoms with Crippen LogP contribution in [0.25, 0.3) is 0 Å². The number of aliphatic hydroxyl groups is 1. The number of rotatable bonds is 6. The van der Waals surface area contributed by atoms with Gasteiger partial charge in [-0.2, -0.15) is 0 Å². The monoisotopic (exact) mass is 308 g/mol. The Kier molecular flexibility index (Phi) is 5.53. The quantitative estimate of drug-likeness (QED) is 0.844. The molecular formula is C17H25FN2O2. The van der Waals surface area contributed by atoms with Crippen LogP contribution in [-0.2, 0) is 11.3 Å². The van der Waals surface area contributed by atoms with Gasteiger partial charge >= 0.3 is 0 Å². The summed E-state index contributed by atoms with van der Waals surface area (Å²) in [4.78, 5) is 14.1. The summed E-state index contributed by atoms with van der Waals surface area (Å²) in [6.07, 6.45) is 1.17. The topological polar surface area (TPSA) is 52.6 Å². The van der Waals surface area contributed by atoms with Crippen molar-refractivity contribution in [1.82, 2.24) is 10.2 Å². The van der Waals surface area contributed by atoms with Crippen LogP contribution in [0.15, 0.2) is 24.3 Å². The zero-order valence-corrected chi connectivity index (χ0v) is 13.3. The largest absolute Gasteiger partial charge is 0.379 e. The summed E-state index contributed by atoms with van der Waals surface area (Å²) in [5.41, 5.74) is -0.895. The molecule has 1 amide bonds. The van der Waals surface area contributed by atoms with Gasteiger partial charge in [-0.1, -0.05) is 32.0 Å². The van der Waals surface area contributed by atoms with E-state index in [1.54, 1.807) is 23.1 Å². The first kappa shape index (κ1) is 16.9. The highest BCUT2D eigenvalue weighted by atomic mass is 19.1. The van der Waals surface area contributed by atoms with Crippen LogP contribution in [0.3, 0.4) is 0 Å². The predicted octanol–water partition coefficient (Wildman–Crippen LogP) is 1.92. The van der Waals surface area contributed by atoms with Gasteiger partial charge in [0.2, 0.25) is 0 Å². The summed E-state index contributed by atoms with van der Waals surface area (Å²) in [5, 5.41) is 13.8. The number of hydrogen-bond acceptors (Lipinski definition) is 3. The SMILES string of the molecule is CC(C)CNCC1(O)CCCN(Cc2ccccc2F)C1=O. The van der Waals surface area contributed by atoms with Gasteiger partial charge in [-0.25, -0.2) is 4.39 Å². The molecule has 1 aliphatic rings. The minimum Gasteiger partial charge on any atom is -0.379 e. The predicted molar refractivity (Wildman–Crippen MR) is 83.7 cm³/mol. The highest BCUT2D eigenvalue weighted by Gasteiger charge is 2.41. The van der Waals surface area contributed by atoms with Gasteiger partial charge in [0.05, 0.1) is 0 Å². The maximum absolute atomic E-state index is 13.7. The van der Waals surface area contributed by atoms with Crippen molar-refractivity contribution >= 4 is 5.91 Å². The Morgan fingerprint density at radius 2 is 2.14 bits per heavy atom. The van der Waals surface area contributed by atoms with Gasteiger partial charge in [0.1, 0.15) is 5.82 Å². The van der Waals surface area contributed by atoms with Crippen LogP contribution >= 0.6 is 0 Å². The minimum atomic E-state index is -1.38. The van der Waals surface area contributed by atoms with Crippen molar-refractivity contribution in [1.29, 1.82) is 0 Å². The van der Waals surface area contributed by atoms with E-state index in [0.717, 1.165) is 13.0 Å². The summed E-state index contributed by atoms with van der Waals surface area (Å²) in [5.74, 6) is -0.169. The molecule has 0 bridgehead atoms. The second-order valence-corrected chi connectivity index (χ2v) is 6.48. The number of carbonyl (C=O) groups excluding carboxylic acids is 1. The second-order valence-electron chi connectivity index (χ2n) is 6.48. The van der Waals surface area contributed by atoms with Crippen LogP contribution in [0.4, 0.5) is 4.39 Å². The van der Waals surface area contributed by atoms with E-state index < -0.39 is 5.60 Å². The van der Waals surface area contributed by atoms with Crippen molar-refractivity contribution in [2.75, 3.05) is 19.6 Å². The van der Waals surface area contributed by atoms with Crippen LogP contribution < -0.4 is 5.32 Å². The van der Waals surface area contributed by atoms with E-state index in [-0.39, 0.29) is 24.8 Å². The van der Waals surface area contributed by atoms with E-state index in [1.165, 1.54) is 6.07 Å². The molecule has 1 atom stereocenters. The van der Waals surface area contributed by atoms with Gasteiger partial charge in [0.15, 0.2) is 5.60 Å². The van der Waals surface area contributed by atoms with Crippen molar-refractivity contribution in [2.45, 2.75) is 38.8 Å². The molecule has 1 saturated heterocycles. The molecule has 1 fully saturated rings. The molecule has 22 heavy (non-hydrogen) atoms. The molecule has 2 rings (SSSR count). The van der Waals surface area contributed by atoms with Gasteiger partial charge in [0, 0.05) is 25.2 Å². The number of piperidine rings is 1. The Bertz CT molecular complexity index is 521. The first-order valence-corrected chi connectivity index (χ1v) is 7.88. The molecule has 4 nitrogen and oxygen atoms in total. The van der Waals surface area contributed by atoms with E-state index in [1.807, 2.05) is 0 Å².